The highest BCUT2D eigenvalue weighted by molar-refractivity contribution is 5.92. The molecule has 8 nitrogen and oxygen atoms in total. The number of fused-ring (bicyclic) bond motifs is 1. The Bertz CT molecular complexity index is 989. The molecule has 2 aliphatic carbocycles. The number of hydrogen-bond donors (Lipinski definition) is 4. The number of nitrogens with one attached hydrogen (secondary N) is 2. The molecule has 2 aliphatic rings. The SMILES string of the molecule is CC1(C)CCc2c(-c3cc(NCC4CCC(C(=O)O)CC4)nc(C(N)=O)c3)n[nH]c2C1. The minimum absolute atomic E-state index is 0.211. The van der Waals surface area contributed by atoms with Crippen molar-refractivity contribution < 1.29 is 14.7 Å². The third-order valence-corrected chi connectivity index (χ3v) is 6.78. The van der Waals surface area contributed by atoms with Crippen LogP contribution in [0.2, 0.25) is 0 Å². The zero-order valence-corrected chi connectivity index (χ0v) is 18.2. The second-order valence-corrected chi connectivity index (χ2v) is 9.80. The highest BCUT2D eigenvalue weighted by atomic mass is 16.4. The molecule has 2 aromatic rings. The van der Waals surface area contributed by atoms with Crippen LogP contribution in [0.5, 0.6) is 0 Å². The Morgan fingerprint density at radius 1 is 1.26 bits per heavy atom. The number of primary amides is 1. The van der Waals surface area contributed by atoms with E-state index in [4.69, 9.17) is 5.73 Å². The average molecular weight is 426 g/mol. The summed E-state index contributed by atoms with van der Waals surface area (Å²) in [4.78, 5) is 27.4. The Hall–Kier alpha value is -2.90. The lowest BCUT2D eigenvalue weighted by molar-refractivity contribution is -0.143. The molecule has 0 saturated heterocycles. The molecule has 4 rings (SSSR count). The van der Waals surface area contributed by atoms with Crippen LogP contribution in [0.3, 0.4) is 0 Å². The van der Waals surface area contributed by atoms with E-state index in [1.54, 1.807) is 6.07 Å². The topological polar surface area (TPSA) is 134 Å². The summed E-state index contributed by atoms with van der Waals surface area (Å²) < 4.78 is 0. The summed E-state index contributed by atoms with van der Waals surface area (Å²) in [5.41, 5.74) is 10.1. The molecule has 1 amide bonds. The molecule has 8 heteroatoms. The Morgan fingerprint density at radius 2 is 2.00 bits per heavy atom. The Morgan fingerprint density at radius 3 is 2.68 bits per heavy atom. The highest BCUT2D eigenvalue weighted by Crippen LogP contribution is 2.38. The summed E-state index contributed by atoms with van der Waals surface area (Å²) in [6.45, 7) is 5.22. The van der Waals surface area contributed by atoms with Crippen LogP contribution >= 0.6 is 0 Å². The third kappa shape index (κ3) is 4.73. The molecular formula is C23H31N5O3. The zero-order valence-electron chi connectivity index (χ0n) is 18.2. The predicted octanol–water partition coefficient (Wildman–Crippen LogP) is 3.39. The summed E-state index contributed by atoms with van der Waals surface area (Å²) >= 11 is 0. The van der Waals surface area contributed by atoms with Crippen molar-refractivity contribution in [1.29, 1.82) is 0 Å². The molecule has 31 heavy (non-hydrogen) atoms. The van der Waals surface area contributed by atoms with Crippen molar-refractivity contribution in [3.05, 3.63) is 29.1 Å². The van der Waals surface area contributed by atoms with Crippen LogP contribution in [0.15, 0.2) is 12.1 Å². The van der Waals surface area contributed by atoms with Gasteiger partial charge in [-0.3, -0.25) is 14.7 Å². The number of carboxylic acid groups (broad SMARTS) is 1. The standard InChI is InChI=1S/C23H31N5O3/c1-23(2)8-7-16-18(11-23)27-28-20(16)15-9-17(21(24)29)26-19(10-15)25-12-13-3-5-14(6-4-13)22(30)31/h9-10,13-14H,3-8,11-12H2,1-2H3,(H2,24,29)(H,25,26)(H,27,28)(H,30,31). The number of hydrogen-bond acceptors (Lipinski definition) is 5. The van der Waals surface area contributed by atoms with Gasteiger partial charge in [0.15, 0.2) is 0 Å². The number of aliphatic carboxylic acids is 1. The first-order chi connectivity index (χ1) is 14.7. The van der Waals surface area contributed by atoms with Gasteiger partial charge in [0.25, 0.3) is 5.91 Å². The first kappa shape index (κ1) is 21.3. The monoisotopic (exact) mass is 425 g/mol. The fourth-order valence-electron chi connectivity index (χ4n) is 4.83. The summed E-state index contributed by atoms with van der Waals surface area (Å²) in [5, 5.41) is 20.3. The number of carbonyl (C=O) groups is 2. The van der Waals surface area contributed by atoms with E-state index < -0.39 is 11.9 Å². The van der Waals surface area contributed by atoms with E-state index in [2.05, 4.69) is 34.3 Å². The van der Waals surface area contributed by atoms with Crippen LogP contribution in [0.4, 0.5) is 5.82 Å². The van der Waals surface area contributed by atoms with Crippen molar-refractivity contribution in [3.8, 4) is 11.3 Å². The van der Waals surface area contributed by atoms with Crippen molar-refractivity contribution in [3.63, 3.8) is 0 Å². The minimum Gasteiger partial charge on any atom is -0.481 e. The average Bonchev–Trinajstić information content (AvgIpc) is 3.14. The second-order valence-electron chi connectivity index (χ2n) is 9.80. The summed E-state index contributed by atoms with van der Waals surface area (Å²) in [6.07, 6.45) is 6.13. The van der Waals surface area contributed by atoms with Crippen molar-refractivity contribution in [1.82, 2.24) is 15.2 Å². The van der Waals surface area contributed by atoms with Crippen LogP contribution in [-0.4, -0.2) is 38.7 Å². The maximum absolute atomic E-state index is 11.9. The number of carbonyl (C=O) groups excluding carboxylic acids is 1. The lowest BCUT2D eigenvalue weighted by Gasteiger charge is -2.29. The molecule has 5 N–H and O–H groups in total. The Labute approximate surface area is 182 Å². The molecule has 0 bridgehead atoms. The number of pyridine rings is 1. The number of anilines is 1. The molecule has 0 aliphatic heterocycles. The van der Waals surface area contributed by atoms with E-state index in [-0.39, 0.29) is 17.0 Å². The number of aromatic nitrogens is 3. The fraction of sp³-hybridized carbons (Fsp3) is 0.565. The summed E-state index contributed by atoms with van der Waals surface area (Å²) in [7, 11) is 0. The van der Waals surface area contributed by atoms with Gasteiger partial charge in [-0.1, -0.05) is 13.8 Å². The first-order valence-electron chi connectivity index (χ1n) is 11.1. The number of aromatic amines is 1. The van der Waals surface area contributed by atoms with E-state index >= 15 is 0 Å². The molecule has 1 saturated carbocycles. The van der Waals surface area contributed by atoms with Gasteiger partial charge >= 0.3 is 5.97 Å². The summed E-state index contributed by atoms with van der Waals surface area (Å²) in [6, 6.07) is 3.63. The van der Waals surface area contributed by atoms with Crippen molar-refractivity contribution in [2.45, 2.75) is 58.8 Å². The molecule has 0 radical (unpaired) electrons. The van der Waals surface area contributed by atoms with E-state index in [1.165, 1.54) is 5.56 Å². The molecular weight excluding hydrogens is 394 g/mol. The van der Waals surface area contributed by atoms with Crippen molar-refractivity contribution in [2.24, 2.45) is 23.0 Å². The smallest absolute Gasteiger partial charge is 0.306 e. The largest absolute Gasteiger partial charge is 0.481 e. The minimum atomic E-state index is -0.697. The molecule has 2 aromatic heterocycles. The van der Waals surface area contributed by atoms with Gasteiger partial charge in [-0.15, -0.1) is 0 Å². The van der Waals surface area contributed by atoms with E-state index in [0.717, 1.165) is 49.1 Å². The van der Waals surface area contributed by atoms with Crippen LogP contribution < -0.4 is 11.1 Å². The molecule has 0 spiro atoms. The number of rotatable bonds is 6. The normalized spacial score (nSPS) is 22.5. The lowest BCUT2D eigenvalue weighted by Crippen LogP contribution is -2.25. The lowest BCUT2D eigenvalue weighted by atomic mass is 9.76. The van der Waals surface area contributed by atoms with Crippen LogP contribution in [0.1, 0.15) is 67.7 Å². The van der Waals surface area contributed by atoms with Crippen LogP contribution in [0, 0.1) is 17.3 Å². The highest BCUT2D eigenvalue weighted by Gasteiger charge is 2.30. The van der Waals surface area contributed by atoms with Gasteiger partial charge in [0.1, 0.15) is 11.5 Å². The molecule has 0 aromatic carbocycles. The maximum Gasteiger partial charge on any atom is 0.306 e. The summed E-state index contributed by atoms with van der Waals surface area (Å²) in [5.74, 6) is -0.511. The number of nitrogens with zero attached hydrogens (tertiary/aromatic N) is 2. The van der Waals surface area contributed by atoms with Gasteiger partial charge in [0.2, 0.25) is 0 Å². The maximum atomic E-state index is 11.9. The van der Waals surface area contributed by atoms with E-state index in [0.29, 0.717) is 31.1 Å². The molecule has 166 valence electrons. The first-order valence-corrected chi connectivity index (χ1v) is 11.1. The Kier molecular flexibility index (Phi) is 5.73. The number of nitrogens with two attached hydrogens (primary N) is 1. The van der Waals surface area contributed by atoms with Crippen molar-refractivity contribution >= 4 is 17.7 Å². The number of amides is 1. The second kappa shape index (κ2) is 8.32. The van der Waals surface area contributed by atoms with Gasteiger partial charge in [0.05, 0.1) is 11.6 Å². The van der Waals surface area contributed by atoms with Crippen LogP contribution in [-0.2, 0) is 17.6 Å². The van der Waals surface area contributed by atoms with Gasteiger partial charge in [0, 0.05) is 23.4 Å². The fourth-order valence-corrected chi connectivity index (χ4v) is 4.83. The molecule has 0 atom stereocenters. The van der Waals surface area contributed by atoms with Gasteiger partial charge in [-0.05, 0) is 68.4 Å². The van der Waals surface area contributed by atoms with Crippen LogP contribution in [0.25, 0.3) is 11.3 Å². The third-order valence-electron chi connectivity index (χ3n) is 6.78. The number of H-pyrrole nitrogens is 1. The molecule has 0 unspecified atom stereocenters. The van der Waals surface area contributed by atoms with Gasteiger partial charge in [-0.2, -0.15) is 5.10 Å². The van der Waals surface area contributed by atoms with Gasteiger partial charge < -0.3 is 16.2 Å². The predicted molar refractivity (Wildman–Crippen MR) is 118 cm³/mol. The number of carboxylic acids is 1. The van der Waals surface area contributed by atoms with Crippen molar-refractivity contribution in [2.75, 3.05) is 11.9 Å². The quantitative estimate of drug-likeness (QED) is 0.560. The molecule has 2 heterocycles. The van der Waals surface area contributed by atoms with E-state index in [1.807, 2.05) is 6.07 Å². The van der Waals surface area contributed by atoms with Gasteiger partial charge in [-0.25, -0.2) is 4.98 Å². The molecule has 1 fully saturated rings. The Balaban J connectivity index is 1.52. The zero-order chi connectivity index (χ0) is 22.2. The van der Waals surface area contributed by atoms with E-state index in [9.17, 15) is 14.7 Å².